The Labute approximate surface area is 84.3 Å². The summed E-state index contributed by atoms with van der Waals surface area (Å²) in [5, 5.41) is 9.87. The molecule has 0 bridgehead atoms. The van der Waals surface area contributed by atoms with Crippen molar-refractivity contribution in [1.82, 2.24) is 0 Å². The van der Waals surface area contributed by atoms with Crippen LogP contribution in [0.4, 0.5) is 0 Å². The second kappa shape index (κ2) is 4.22. The summed E-state index contributed by atoms with van der Waals surface area (Å²) in [7, 11) is 3.06. The highest BCUT2D eigenvalue weighted by molar-refractivity contribution is 5.55. The molecule has 0 atom stereocenters. The Morgan fingerprint density at radius 3 is 2.21 bits per heavy atom. The van der Waals surface area contributed by atoms with E-state index in [4.69, 9.17) is 9.47 Å². The van der Waals surface area contributed by atoms with Crippen LogP contribution in [0.25, 0.3) is 0 Å². The molecule has 0 fully saturated rings. The van der Waals surface area contributed by atoms with E-state index in [1.165, 1.54) is 7.11 Å². The first kappa shape index (κ1) is 10.7. The van der Waals surface area contributed by atoms with Crippen LogP contribution < -0.4 is 9.47 Å². The van der Waals surface area contributed by atoms with Crippen molar-refractivity contribution >= 4 is 0 Å². The van der Waals surface area contributed by atoms with Crippen molar-refractivity contribution in [3.05, 3.63) is 17.7 Å². The van der Waals surface area contributed by atoms with Crippen molar-refractivity contribution in [2.24, 2.45) is 0 Å². The van der Waals surface area contributed by atoms with Crippen molar-refractivity contribution in [3.8, 4) is 17.2 Å². The summed E-state index contributed by atoms with van der Waals surface area (Å²) in [5.41, 5.74) is 0.864. The fourth-order valence-corrected chi connectivity index (χ4v) is 1.39. The molecule has 0 saturated heterocycles. The highest BCUT2D eigenvalue weighted by atomic mass is 16.5. The molecule has 78 valence electrons. The molecule has 1 aromatic rings. The molecule has 0 saturated carbocycles. The third-order valence-electron chi connectivity index (χ3n) is 2.17. The topological polar surface area (TPSA) is 38.7 Å². The summed E-state index contributed by atoms with van der Waals surface area (Å²) in [6.07, 6.45) is 0. The third kappa shape index (κ3) is 1.76. The van der Waals surface area contributed by atoms with Gasteiger partial charge in [-0.2, -0.15) is 0 Å². The highest BCUT2D eigenvalue weighted by Gasteiger charge is 2.15. The Kier molecular flexibility index (Phi) is 3.23. The highest BCUT2D eigenvalue weighted by Crippen LogP contribution is 2.41. The van der Waals surface area contributed by atoms with Crippen LogP contribution in [-0.4, -0.2) is 19.3 Å². The average Bonchev–Trinajstić information content (AvgIpc) is 2.16. The van der Waals surface area contributed by atoms with E-state index < -0.39 is 0 Å². The first-order chi connectivity index (χ1) is 6.61. The van der Waals surface area contributed by atoms with E-state index in [0.29, 0.717) is 11.5 Å². The average molecular weight is 196 g/mol. The van der Waals surface area contributed by atoms with Crippen LogP contribution in [0.5, 0.6) is 17.2 Å². The molecule has 14 heavy (non-hydrogen) atoms. The number of aromatic hydroxyl groups is 1. The summed E-state index contributed by atoms with van der Waals surface area (Å²) < 4.78 is 10.1. The van der Waals surface area contributed by atoms with Gasteiger partial charge in [-0.25, -0.2) is 0 Å². The van der Waals surface area contributed by atoms with Gasteiger partial charge in [-0.3, -0.25) is 0 Å². The lowest BCUT2D eigenvalue weighted by atomic mass is 10.0. The van der Waals surface area contributed by atoms with Gasteiger partial charge in [0.05, 0.1) is 14.2 Å². The molecule has 0 aliphatic carbocycles. The predicted molar refractivity (Wildman–Crippen MR) is 55.3 cm³/mol. The van der Waals surface area contributed by atoms with Gasteiger partial charge in [0.1, 0.15) is 0 Å². The standard InChI is InChI=1S/C11H16O3/c1-7(2)8-5-6-9(13-3)11(14-4)10(8)12/h5-7,12H,1-4H3. The minimum absolute atomic E-state index is 0.168. The lowest BCUT2D eigenvalue weighted by molar-refractivity contribution is 0.330. The molecular weight excluding hydrogens is 180 g/mol. The third-order valence-corrected chi connectivity index (χ3v) is 2.17. The summed E-state index contributed by atoms with van der Waals surface area (Å²) >= 11 is 0. The molecule has 0 heterocycles. The van der Waals surface area contributed by atoms with Crippen molar-refractivity contribution in [2.75, 3.05) is 14.2 Å². The second-order valence-electron chi connectivity index (χ2n) is 3.39. The van der Waals surface area contributed by atoms with E-state index in [0.717, 1.165) is 5.56 Å². The minimum atomic E-state index is 0.168. The van der Waals surface area contributed by atoms with E-state index in [9.17, 15) is 5.11 Å². The summed E-state index contributed by atoms with van der Waals surface area (Å²) in [6.45, 7) is 4.03. The second-order valence-corrected chi connectivity index (χ2v) is 3.39. The van der Waals surface area contributed by atoms with Crippen LogP contribution in [0.2, 0.25) is 0 Å². The monoisotopic (exact) mass is 196 g/mol. The van der Waals surface area contributed by atoms with Crippen LogP contribution in [0.3, 0.4) is 0 Å². The van der Waals surface area contributed by atoms with Gasteiger partial charge >= 0.3 is 0 Å². The van der Waals surface area contributed by atoms with E-state index in [1.54, 1.807) is 13.2 Å². The first-order valence-corrected chi connectivity index (χ1v) is 4.55. The molecule has 1 N–H and O–H groups in total. The number of ether oxygens (including phenoxy) is 2. The van der Waals surface area contributed by atoms with Gasteiger partial charge in [-0.05, 0) is 12.0 Å². The van der Waals surface area contributed by atoms with Crippen molar-refractivity contribution in [1.29, 1.82) is 0 Å². The maximum Gasteiger partial charge on any atom is 0.203 e. The summed E-state index contributed by atoms with van der Waals surface area (Å²) in [6, 6.07) is 3.65. The molecule has 0 unspecified atom stereocenters. The van der Waals surface area contributed by atoms with Crippen LogP contribution in [0, 0.1) is 0 Å². The van der Waals surface area contributed by atoms with Gasteiger partial charge in [0.2, 0.25) is 5.75 Å². The van der Waals surface area contributed by atoms with Crippen LogP contribution >= 0.6 is 0 Å². The Balaban J connectivity index is 3.27. The fourth-order valence-electron chi connectivity index (χ4n) is 1.39. The van der Waals surface area contributed by atoms with Crippen molar-refractivity contribution in [2.45, 2.75) is 19.8 Å². The van der Waals surface area contributed by atoms with Crippen molar-refractivity contribution in [3.63, 3.8) is 0 Å². The van der Waals surface area contributed by atoms with E-state index in [2.05, 4.69) is 0 Å². The molecule has 0 radical (unpaired) electrons. The van der Waals surface area contributed by atoms with Crippen LogP contribution in [0.15, 0.2) is 12.1 Å². The number of benzene rings is 1. The van der Waals surface area contributed by atoms with E-state index >= 15 is 0 Å². The van der Waals surface area contributed by atoms with Gasteiger partial charge < -0.3 is 14.6 Å². The predicted octanol–water partition coefficient (Wildman–Crippen LogP) is 2.53. The maximum absolute atomic E-state index is 9.87. The first-order valence-electron chi connectivity index (χ1n) is 4.55. The summed E-state index contributed by atoms with van der Waals surface area (Å²) in [5.74, 6) is 1.38. The van der Waals surface area contributed by atoms with Crippen LogP contribution in [-0.2, 0) is 0 Å². The molecule has 1 aromatic carbocycles. The molecule has 3 heteroatoms. The van der Waals surface area contributed by atoms with Crippen LogP contribution in [0.1, 0.15) is 25.3 Å². The zero-order valence-corrected chi connectivity index (χ0v) is 9.00. The van der Waals surface area contributed by atoms with E-state index in [-0.39, 0.29) is 11.7 Å². The van der Waals surface area contributed by atoms with Gasteiger partial charge in [0, 0.05) is 5.56 Å². The molecule has 1 rings (SSSR count). The van der Waals surface area contributed by atoms with Crippen molar-refractivity contribution < 1.29 is 14.6 Å². The molecule has 0 spiro atoms. The SMILES string of the molecule is COc1ccc(C(C)C)c(O)c1OC. The van der Waals surface area contributed by atoms with Gasteiger partial charge in [-0.1, -0.05) is 19.9 Å². The lowest BCUT2D eigenvalue weighted by Crippen LogP contribution is -1.95. The number of phenolic OH excluding ortho intramolecular Hbond substituents is 1. The van der Waals surface area contributed by atoms with Gasteiger partial charge in [-0.15, -0.1) is 0 Å². The number of methoxy groups -OCH3 is 2. The molecule has 0 aromatic heterocycles. The summed E-state index contributed by atoms with van der Waals surface area (Å²) in [4.78, 5) is 0. The molecule has 3 nitrogen and oxygen atoms in total. The lowest BCUT2D eigenvalue weighted by Gasteiger charge is -2.14. The fraction of sp³-hybridized carbons (Fsp3) is 0.455. The quantitative estimate of drug-likeness (QED) is 0.807. The molecule has 0 aliphatic heterocycles. The largest absolute Gasteiger partial charge is 0.504 e. The van der Waals surface area contributed by atoms with Gasteiger partial charge in [0.25, 0.3) is 0 Å². The number of hydrogen-bond donors (Lipinski definition) is 1. The molecule has 0 amide bonds. The number of phenols is 1. The van der Waals surface area contributed by atoms with E-state index in [1.807, 2.05) is 19.9 Å². The number of hydrogen-bond acceptors (Lipinski definition) is 3. The maximum atomic E-state index is 9.87. The zero-order valence-electron chi connectivity index (χ0n) is 9.00. The Morgan fingerprint density at radius 1 is 1.14 bits per heavy atom. The Morgan fingerprint density at radius 2 is 1.79 bits per heavy atom. The Hall–Kier alpha value is -1.38. The Bertz CT molecular complexity index is 319. The molecular formula is C11H16O3. The normalized spacial score (nSPS) is 10.4. The minimum Gasteiger partial charge on any atom is -0.504 e. The number of rotatable bonds is 3. The smallest absolute Gasteiger partial charge is 0.203 e. The van der Waals surface area contributed by atoms with Gasteiger partial charge in [0.15, 0.2) is 11.5 Å². The molecule has 0 aliphatic rings. The zero-order chi connectivity index (χ0) is 10.7.